The van der Waals surface area contributed by atoms with Crippen LogP contribution in [0.5, 0.6) is 0 Å². The monoisotopic (exact) mass is 282 g/mol. The highest BCUT2D eigenvalue weighted by molar-refractivity contribution is 5.72. The van der Waals surface area contributed by atoms with E-state index in [9.17, 15) is 4.79 Å². The van der Waals surface area contributed by atoms with Crippen molar-refractivity contribution in [3.05, 3.63) is 63.9 Å². The van der Waals surface area contributed by atoms with E-state index >= 15 is 0 Å². The van der Waals surface area contributed by atoms with Gasteiger partial charge in [0.15, 0.2) is 11.5 Å². The Hall–Kier alpha value is -2.36. The van der Waals surface area contributed by atoms with Gasteiger partial charge in [-0.3, -0.25) is 4.79 Å². The molecule has 0 bridgehead atoms. The molecule has 0 radical (unpaired) electrons. The Morgan fingerprint density at radius 2 is 2.05 bits per heavy atom. The summed E-state index contributed by atoms with van der Waals surface area (Å²) in [4.78, 5) is 19.2. The quantitative estimate of drug-likeness (QED) is 0.796. The molecule has 1 N–H and O–H groups in total. The first-order chi connectivity index (χ1) is 10.1. The molecule has 4 nitrogen and oxygen atoms in total. The van der Waals surface area contributed by atoms with Crippen molar-refractivity contribution >= 4 is 11.1 Å². The molecule has 0 amide bonds. The fourth-order valence-corrected chi connectivity index (χ4v) is 2.49. The third-order valence-electron chi connectivity index (χ3n) is 3.75. The summed E-state index contributed by atoms with van der Waals surface area (Å²) in [7, 11) is 0. The summed E-state index contributed by atoms with van der Waals surface area (Å²) in [6, 6.07) is 11.6. The molecule has 3 aromatic rings. The molecule has 4 heteroatoms. The minimum absolute atomic E-state index is 0.0000604. The van der Waals surface area contributed by atoms with Gasteiger partial charge in [0.05, 0.1) is 0 Å². The maximum Gasteiger partial charge on any atom is 0.251 e. The average Bonchev–Trinajstić information content (AvgIpc) is 2.87. The third kappa shape index (κ3) is 2.89. The van der Waals surface area contributed by atoms with Crippen LogP contribution in [0.3, 0.4) is 0 Å². The van der Waals surface area contributed by atoms with E-state index in [1.807, 2.05) is 43.3 Å². The van der Waals surface area contributed by atoms with Crippen LogP contribution in [0.1, 0.15) is 36.4 Å². The van der Waals surface area contributed by atoms with E-state index in [4.69, 9.17) is 4.42 Å². The second-order valence-electron chi connectivity index (χ2n) is 5.44. The summed E-state index contributed by atoms with van der Waals surface area (Å²) >= 11 is 0. The highest BCUT2D eigenvalue weighted by Gasteiger charge is 2.12. The molecule has 0 saturated carbocycles. The second kappa shape index (κ2) is 5.56. The number of aromatic amines is 1. The van der Waals surface area contributed by atoms with Crippen LogP contribution < -0.4 is 5.56 Å². The van der Waals surface area contributed by atoms with Gasteiger partial charge in [0.2, 0.25) is 0 Å². The second-order valence-corrected chi connectivity index (χ2v) is 5.44. The van der Waals surface area contributed by atoms with Gasteiger partial charge in [-0.05, 0) is 37.5 Å². The summed E-state index contributed by atoms with van der Waals surface area (Å²) in [5.41, 5.74) is 3.40. The Bertz CT molecular complexity index is 784. The van der Waals surface area contributed by atoms with E-state index in [1.165, 1.54) is 0 Å². The Morgan fingerprint density at radius 3 is 2.81 bits per heavy atom. The first kappa shape index (κ1) is 13.6. The lowest BCUT2D eigenvalue weighted by molar-refractivity contribution is 0.505. The zero-order valence-electron chi connectivity index (χ0n) is 12.2. The Balaban J connectivity index is 1.73. The van der Waals surface area contributed by atoms with Gasteiger partial charge in [-0.15, -0.1) is 0 Å². The molecule has 2 aromatic heterocycles. The number of aromatic nitrogens is 2. The summed E-state index contributed by atoms with van der Waals surface area (Å²) in [6.45, 7) is 3.94. The van der Waals surface area contributed by atoms with E-state index in [0.717, 1.165) is 41.1 Å². The van der Waals surface area contributed by atoms with Crippen molar-refractivity contribution in [3.8, 4) is 0 Å². The van der Waals surface area contributed by atoms with Crippen LogP contribution in [0.25, 0.3) is 11.1 Å². The maximum absolute atomic E-state index is 11.9. The molecule has 1 unspecified atom stereocenters. The summed E-state index contributed by atoms with van der Waals surface area (Å²) < 4.78 is 5.71. The lowest BCUT2D eigenvalue weighted by Crippen LogP contribution is -2.15. The predicted octanol–water partition coefficient (Wildman–Crippen LogP) is 3.56. The number of nitrogens with zero attached hydrogens (tertiary/aromatic N) is 1. The van der Waals surface area contributed by atoms with E-state index in [2.05, 4.69) is 16.9 Å². The lowest BCUT2D eigenvalue weighted by atomic mass is 9.97. The fourth-order valence-electron chi connectivity index (χ4n) is 2.49. The smallest absolute Gasteiger partial charge is 0.251 e. The largest absolute Gasteiger partial charge is 0.441 e. The molecular weight excluding hydrogens is 264 g/mol. The molecule has 1 aromatic carbocycles. The van der Waals surface area contributed by atoms with Crippen molar-refractivity contribution in [2.75, 3.05) is 0 Å². The summed E-state index contributed by atoms with van der Waals surface area (Å²) in [5, 5.41) is 0. The van der Waals surface area contributed by atoms with Crippen LogP contribution >= 0.6 is 0 Å². The van der Waals surface area contributed by atoms with Gasteiger partial charge < -0.3 is 9.40 Å². The van der Waals surface area contributed by atoms with Crippen LogP contribution in [0, 0.1) is 6.92 Å². The molecule has 0 aliphatic rings. The average molecular weight is 282 g/mol. The van der Waals surface area contributed by atoms with Crippen LogP contribution in [-0.2, 0) is 6.42 Å². The summed E-state index contributed by atoms with van der Waals surface area (Å²) in [6.07, 6.45) is 1.56. The van der Waals surface area contributed by atoms with Crippen LogP contribution in [0.2, 0.25) is 0 Å². The first-order valence-electron chi connectivity index (χ1n) is 7.18. The highest BCUT2D eigenvalue weighted by atomic mass is 16.3. The molecular formula is C17H18N2O2. The number of para-hydroxylation sites is 2. The highest BCUT2D eigenvalue weighted by Crippen LogP contribution is 2.20. The topological polar surface area (TPSA) is 58.9 Å². The SMILES string of the molecule is Cc1ccc(C(C)CCc2nc3ccccc3o2)c(=O)[nH]1. The number of nitrogens with one attached hydrogen (secondary N) is 1. The number of aryl methyl sites for hydroxylation is 2. The van der Waals surface area contributed by atoms with Gasteiger partial charge in [-0.2, -0.15) is 0 Å². The molecule has 0 fully saturated rings. The fraction of sp³-hybridized carbons (Fsp3) is 0.294. The zero-order chi connectivity index (χ0) is 14.8. The van der Waals surface area contributed by atoms with Gasteiger partial charge in [0.25, 0.3) is 5.56 Å². The zero-order valence-corrected chi connectivity index (χ0v) is 12.2. The molecule has 0 spiro atoms. The molecule has 0 aliphatic heterocycles. The number of hydrogen-bond acceptors (Lipinski definition) is 3. The van der Waals surface area contributed by atoms with Crippen molar-refractivity contribution in [1.82, 2.24) is 9.97 Å². The predicted molar refractivity (Wildman–Crippen MR) is 82.5 cm³/mol. The molecule has 2 heterocycles. The van der Waals surface area contributed by atoms with Crippen LogP contribution in [-0.4, -0.2) is 9.97 Å². The minimum atomic E-state index is 0.0000604. The number of pyridine rings is 1. The standard InChI is InChI=1S/C17H18N2O2/c1-11(13-9-8-12(2)18-17(13)20)7-10-16-19-14-5-3-4-6-15(14)21-16/h3-6,8-9,11H,7,10H2,1-2H3,(H,18,20). The molecule has 0 aliphatic carbocycles. The number of rotatable bonds is 4. The Morgan fingerprint density at radius 1 is 1.24 bits per heavy atom. The van der Waals surface area contributed by atoms with Crippen molar-refractivity contribution < 1.29 is 4.42 Å². The Labute approximate surface area is 122 Å². The maximum atomic E-state index is 11.9. The number of hydrogen-bond donors (Lipinski definition) is 1. The molecule has 3 rings (SSSR count). The van der Waals surface area contributed by atoms with E-state index in [0.29, 0.717) is 0 Å². The number of oxazole rings is 1. The van der Waals surface area contributed by atoms with E-state index in [-0.39, 0.29) is 11.5 Å². The normalized spacial score (nSPS) is 12.7. The van der Waals surface area contributed by atoms with Crippen molar-refractivity contribution in [2.45, 2.75) is 32.6 Å². The van der Waals surface area contributed by atoms with E-state index < -0.39 is 0 Å². The van der Waals surface area contributed by atoms with Gasteiger partial charge in [-0.25, -0.2) is 4.98 Å². The van der Waals surface area contributed by atoms with E-state index in [1.54, 1.807) is 0 Å². The molecule has 108 valence electrons. The van der Waals surface area contributed by atoms with Gasteiger partial charge in [0.1, 0.15) is 5.52 Å². The minimum Gasteiger partial charge on any atom is -0.441 e. The lowest BCUT2D eigenvalue weighted by Gasteiger charge is -2.09. The summed E-state index contributed by atoms with van der Waals surface area (Å²) in [5.74, 6) is 0.899. The number of H-pyrrole nitrogens is 1. The van der Waals surface area contributed by atoms with Crippen molar-refractivity contribution in [3.63, 3.8) is 0 Å². The number of benzene rings is 1. The van der Waals surface area contributed by atoms with Crippen molar-refractivity contribution in [2.24, 2.45) is 0 Å². The van der Waals surface area contributed by atoms with Crippen LogP contribution in [0.4, 0.5) is 0 Å². The third-order valence-corrected chi connectivity index (χ3v) is 3.75. The van der Waals surface area contributed by atoms with Gasteiger partial charge in [0, 0.05) is 17.7 Å². The first-order valence-corrected chi connectivity index (χ1v) is 7.18. The van der Waals surface area contributed by atoms with Crippen LogP contribution in [0.15, 0.2) is 45.6 Å². The Kier molecular flexibility index (Phi) is 3.60. The van der Waals surface area contributed by atoms with Gasteiger partial charge in [-0.1, -0.05) is 25.1 Å². The van der Waals surface area contributed by atoms with Gasteiger partial charge >= 0.3 is 0 Å². The molecule has 21 heavy (non-hydrogen) atoms. The molecule has 1 atom stereocenters. The molecule has 0 saturated heterocycles. The number of fused-ring (bicyclic) bond motifs is 1. The van der Waals surface area contributed by atoms with Crippen molar-refractivity contribution in [1.29, 1.82) is 0 Å².